The van der Waals surface area contributed by atoms with Gasteiger partial charge in [0.05, 0.1) is 28.6 Å². The Balaban J connectivity index is 1.96. The Hall–Kier alpha value is -3.27. The number of nitriles is 1. The van der Waals surface area contributed by atoms with Crippen LogP contribution >= 0.6 is 0 Å². The van der Waals surface area contributed by atoms with Crippen LogP contribution in [0.1, 0.15) is 27.3 Å². The largest absolute Gasteiger partial charge is 0.306 e. The molecule has 1 amide bonds. The molecule has 114 valence electrons. The van der Waals surface area contributed by atoms with E-state index in [9.17, 15) is 4.79 Å². The molecular weight excluding hydrogens is 292 g/mol. The summed E-state index contributed by atoms with van der Waals surface area (Å²) in [4.78, 5) is 21.3. The highest BCUT2D eigenvalue weighted by molar-refractivity contribution is 6.06. The summed E-state index contributed by atoms with van der Waals surface area (Å²) >= 11 is 0. The number of carbonyl (C=O) groups is 1. The fraction of sp³-hybridized carbons (Fsp3) is 0.188. The van der Waals surface area contributed by atoms with Crippen molar-refractivity contribution in [3.05, 3.63) is 46.9 Å². The number of rotatable bonds is 2. The van der Waals surface area contributed by atoms with Crippen LogP contribution in [0.2, 0.25) is 0 Å². The number of carbonyl (C=O) groups excluding carboxylic acids is 1. The normalized spacial score (nSPS) is 10.5. The number of fused-ring (bicyclic) bond motifs is 1. The second-order valence-corrected chi connectivity index (χ2v) is 5.19. The Labute approximate surface area is 132 Å². The molecule has 3 aromatic rings. The third-order valence-corrected chi connectivity index (χ3v) is 3.63. The van der Waals surface area contributed by atoms with Crippen LogP contribution in [-0.2, 0) is 7.05 Å². The van der Waals surface area contributed by atoms with E-state index in [0.717, 1.165) is 16.9 Å². The number of benzene rings is 1. The Bertz CT molecular complexity index is 967. The topological polar surface area (TPSA) is 96.5 Å². The number of nitrogens with zero attached hydrogens (tertiary/aromatic N) is 5. The SMILES string of the molecule is Cc1nc2ccc(C(=O)Nc3c(C#N)cnn3C)cc2nc1C. The van der Waals surface area contributed by atoms with E-state index in [1.54, 1.807) is 25.2 Å². The van der Waals surface area contributed by atoms with Gasteiger partial charge in [-0.2, -0.15) is 10.4 Å². The quantitative estimate of drug-likeness (QED) is 0.782. The van der Waals surface area contributed by atoms with Crippen molar-refractivity contribution in [2.45, 2.75) is 13.8 Å². The van der Waals surface area contributed by atoms with E-state index in [0.29, 0.717) is 22.5 Å². The molecule has 3 rings (SSSR count). The molecule has 7 heteroatoms. The van der Waals surface area contributed by atoms with E-state index in [1.807, 2.05) is 19.9 Å². The van der Waals surface area contributed by atoms with Crippen molar-refractivity contribution in [1.82, 2.24) is 19.7 Å². The molecule has 2 heterocycles. The highest BCUT2D eigenvalue weighted by atomic mass is 16.1. The van der Waals surface area contributed by atoms with Crippen LogP contribution in [0.5, 0.6) is 0 Å². The lowest BCUT2D eigenvalue weighted by atomic mass is 10.1. The summed E-state index contributed by atoms with van der Waals surface area (Å²) in [6, 6.07) is 7.13. The summed E-state index contributed by atoms with van der Waals surface area (Å²) in [5.74, 6) is 0.0378. The summed E-state index contributed by atoms with van der Waals surface area (Å²) in [5, 5.41) is 15.7. The van der Waals surface area contributed by atoms with Gasteiger partial charge in [-0.05, 0) is 32.0 Å². The van der Waals surface area contributed by atoms with Crippen LogP contribution in [-0.4, -0.2) is 25.7 Å². The molecule has 0 aliphatic carbocycles. The maximum atomic E-state index is 12.4. The summed E-state index contributed by atoms with van der Waals surface area (Å²) in [6.45, 7) is 3.78. The van der Waals surface area contributed by atoms with Gasteiger partial charge in [0.1, 0.15) is 17.5 Å². The number of anilines is 1. The maximum absolute atomic E-state index is 12.4. The molecule has 0 spiro atoms. The minimum atomic E-state index is -0.327. The molecule has 0 atom stereocenters. The van der Waals surface area contributed by atoms with Crippen LogP contribution < -0.4 is 5.32 Å². The molecule has 0 saturated carbocycles. The van der Waals surface area contributed by atoms with Crippen molar-refractivity contribution in [2.75, 3.05) is 5.32 Å². The van der Waals surface area contributed by atoms with Crippen molar-refractivity contribution in [3.8, 4) is 6.07 Å². The molecule has 0 bridgehead atoms. The van der Waals surface area contributed by atoms with Gasteiger partial charge in [0.15, 0.2) is 0 Å². The zero-order valence-electron chi connectivity index (χ0n) is 13.0. The number of nitrogens with one attached hydrogen (secondary N) is 1. The molecule has 7 nitrogen and oxygen atoms in total. The van der Waals surface area contributed by atoms with E-state index < -0.39 is 0 Å². The zero-order chi connectivity index (χ0) is 16.6. The molecule has 1 aromatic carbocycles. The van der Waals surface area contributed by atoms with Gasteiger partial charge < -0.3 is 5.32 Å². The molecular formula is C16H14N6O. The highest BCUT2D eigenvalue weighted by Gasteiger charge is 2.14. The summed E-state index contributed by atoms with van der Waals surface area (Å²) < 4.78 is 1.45. The van der Waals surface area contributed by atoms with Crippen molar-refractivity contribution in [2.24, 2.45) is 7.05 Å². The lowest BCUT2D eigenvalue weighted by Crippen LogP contribution is -2.15. The van der Waals surface area contributed by atoms with Crippen LogP contribution in [0.15, 0.2) is 24.4 Å². The Morgan fingerprint density at radius 1 is 1.22 bits per heavy atom. The second kappa shape index (κ2) is 5.50. The Morgan fingerprint density at radius 3 is 2.61 bits per heavy atom. The molecule has 0 aliphatic heterocycles. The predicted molar refractivity (Wildman–Crippen MR) is 84.9 cm³/mol. The average Bonchev–Trinajstić information content (AvgIpc) is 2.88. The zero-order valence-corrected chi connectivity index (χ0v) is 13.0. The summed E-state index contributed by atoms with van der Waals surface area (Å²) in [7, 11) is 1.66. The van der Waals surface area contributed by atoms with E-state index in [2.05, 4.69) is 20.4 Å². The van der Waals surface area contributed by atoms with E-state index in [1.165, 1.54) is 10.9 Å². The molecule has 2 aromatic heterocycles. The molecule has 23 heavy (non-hydrogen) atoms. The number of aromatic nitrogens is 4. The molecule has 0 unspecified atom stereocenters. The Morgan fingerprint density at radius 2 is 1.91 bits per heavy atom. The van der Waals surface area contributed by atoms with Crippen LogP contribution in [0.4, 0.5) is 5.82 Å². The first-order valence-electron chi connectivity index (χ1n) is 6.98. The smallest absolute Gasteiger partial charge is 0.256 e. The summed E-state index contributed by atoms with van der Waals surface area (Å²) in [6.07, 6.45) is 1.41. The van der Waals surface area contributed by atoms with Gasteiger partial charge in [0, 0.05) is 12.6 Å². The lowest BCUT2D eigenvalue weighted by Gasteiger charge is -2.07. The fourth-order valence-electron chi connectivity index (χ4n) is 2.22. The fourth-order valence-corrected chi connectivity index (χ4v) is 2.22. The maximum Gasteiger partial charge on any atom is 0.256 e. The lowest BCUT2D eigenvalue weighted by molar-refractivity contribution is 0.102. The van der Waals surface area contributed by atoms with E-state index in [4.69, 9.17) is 5.26 Å². The van der Waals surface area contributed by atoms with Crippen LogP contribution in [0, 0.1) is 25.2 Å². The number of hydrogen-bond donors (Lipinski definition) is 1. The summed E-state index contributed by atoms with van der Waals surface area (Å²) in [5.41, 5.74) is 3.85. The minimum Gasteiger partial charge on any atom is -0.306 e. The van der Waals surface area contributed by atoms with Gasteiger partial charge in [-0.1, -0.05) is 0 Å². The highest BCUT2D eigenvalue weighted by Crippen LogP contribution is 2.17. The van der Waals surface area contributed by atoms with Crippen molar-refractivity contribution in [1.29, 1.82) is 5.26 Å². The van der Waals surface area contributed by atoms with Gasteiger partial charge in [-0.3, -0.25) is 9.48 Å². The third-order valence-electron chi connectivity index (χ3n) is 3.63. The first kappa shape index (κ1) is 14.7. The van der Waals surface area contributed by atoms with Crippen LogP contribution in [0.25, 0.3) is 11.0 Å². The minimum absolute atomic E-state index is 0.313. The van der Waals surface area contributed by atoms with Gasteiger partial charge in [0.2, 0.25) is 0 Å². The number of hydrogen-bond acceptors (Lipinski definition) is 5. The standard InChI is InChI=1S/C16H14N6O/c1-9-10(2)20-14-6-11(4-5-13(14)19-9)16(23)21-15-12(7-17)8-18-22(15)3/h4-6,8H,1-3H3,(H,21,23). The van der Waals surface area contributed by atoms with E-state index >= 15 is 0 Å². The van der Waals surface area contributed by atoms with E-state index in [-0.39, 0.29) is 5.91 Å². The molecule has 0 saturated heterocycles. The number of amides is 1. The first-order chi connectivity index (χ1) is 11.0. The molecule has 0 fully saturated rings. The third kappa shape index (κ3) is 2.62. The molecule has 1 N–H and O–H groups in total. The Kier molecular flexibility index (Phi) is 3.50. The van der Waals surface area contributed by atoms with Gasteiger partial charge in [0.25, 0.3) is 5.91 Å². The van der Waals surface area contributed by atoms with Gasteiger partial charge in [-0.25, -0.2) is 9.97 Å². The molecule has 0 radical (unpaired) electrons. The van der Waals surface area contributed by atoms with Crippen molar-refractivity contribution < 1.29 is 4.79 Å². The van der Waals surface area contributed by atoms with Crippen molar-refractivity contribution in [3.63, 3.8) is 0 Å². The predicted octanol–water partition coefficient (Wildman–Crippen LogP) is 2.10. The molecule has 0 aliphatic rings. The van der Waals surface area contributed by atoms with Crippen molar-refractivity contribution >= 4 is 22.8 Å². The monoisotopic (exact) mass is 306 g/mol. The average molecular weight is 306 g/mol. The first-order valence-corrected chi connectivity index (χ1v) is 6.98. The van der Waals surface area contributed by atoms with Crippen LogP contribution in [0.3, 0.4) is 0 Å². The van der Waals surface area contributed by atoms with Gasteiger partial charge >= 0.3 is 0 Å². The van der Waals surface area contributed by atoms with Gasteiger partial charge in [-0.15, -0.1) is 0 Å². The number of aryl methyl sites for hydroxylation is 3. The second-order valence-electron chi connectivity index (χ2n) is 5.19.